The first-order valence-corrected chi connectivity index (χ1v) is 8.51. The lowest BCUT2D eigenvalue weighted by molar-refractivity contribution is 0.00701. The number of ether oxygens (including phenoxy) is 1. The average Bonchev–Trinajstić information content (AvgIpc) is 2.45. The van der Waals surface area contributed by atoms with E-state index in [0.29, 0.717) is 32.1 Å². The summed E-state index contributed by atoms with van der Waals surface area (Å²) in [5, 5.41) is 3.17. The molecule has 0 amide bonds. The van der Waals surface area contributed by atoms with E-state index in [1.807, 2.05) is 19.0 Å². The topological polar surface area (TPSA) is 87.7 Å². The molecule has 8 nitrogen and oxygen atoms in total. The van der Waals surface area contributed by atoms with Gasteiger partial charge in [-0.05, 0) is 0 Å². The van der Waals surface area contributed by atoms with Crippen molar-refractivity contribution in [2.45, 2.75) is 6.10 Å². The van der Waals surface area contributed by atoms with Gasteiger partial charge in [0.1, 0.15) is 0 Å². The Hall–Kier alpha value is -1.45. The SMILES string of the molecule is CN(C)c1nccnc1NCC1CN(S(C)(=O)=O)CCO1. The molecule has 118 valence electrons. The van der Waals surface area contributed by atoms with Crippen LogP contribution in [0.5, 0.6) is 0 Å². The van der Waals surface area contributed by atoms with Crippen molar-refractivity contribution in [2.24, 2.45) is 0 Å². The van der Waals surface area contributed by atoms with Gasteiger partial charge in [-0.2, -0.15) is 4.31 Å². The summed E-state index contributed by atoms with van der Waals surface area (Å²) in [4.78, 5) is 10.4. The van der Waals surface area contributed by atoms with Gasteiger partial charge >= 0.3 is 0 Å². The summed E-state index contributed by atoms with van der Waals surface area (Å²) in [5.74, 6) is 1.39. The van der Waals surface area contributed by atoms with Crippen LogP contribution >= 0.6 is 0 Å². The van der Waals surface area contributed by atoms with Gasteiger partial charge in [0.05, 0.1) is 19.0 Å². The van der Waals surface area contributed by atoms with Crippen LogP contribution in [-0.2, 0) is 14.8 Å². The molecule has 1 unspecified atom stereocenters. The lowest BCUT2D eigenvalue weighted by Gasteiger charge is -2.31. The van der Waals surface area contributed by atoms with E-state index in [4.69, 9.17) is 4.74 Å². The Balaban J connectivity index is 1.97. The molecule has 0 aromatic carbocycles. The minimum atomic E-state index is -3.17. The summed E-state index contributed by atoms with van der Waals surface area (Å²) in [6, 6.07) is 0. The van der Waals surface area contributed by atoms with E-state index in [2.05, 4.69) is 15.3 Å². The zero-order valence-electron chi connectivity index (χ0n) is 12.5. The summed E-state index contributed by atoms with van der Waals surface area (Å²) < 4.78 is 30.2. The van der Waals surface area contributed by atoms with Gasteiger partial charge in [-0.3, -0.25) is 0 Å². The molecule has 1 aliphatic heterocycles. The highest BCUT2D eigenvalue weighted by atomic mass is 32.2. The highest BCUT2D eigenvalue weighted by Crippen LogP contribution is 2.18. The third-order valence-corrected chi connectivity index (χ3v) is 4.44. The minimum Gasteiger partial charge on any atom is -0.374 e. The molecule has 1 aromatic heterocycles. The minimum absolute atomic E-state index is 0.203. The van der Waals surface area contributed by atoms with Crippen molar-refractivity contribution in [1.82, 2.24) is 14.3 Å². The molecule has 1 atom stereocenters. The number of hydrogen-bond acceptors (Lipinski definition) is 7. The molecule has 0 spiro atoms. The normalized spacial score (nSPS) is 20.2. The molecule has 1 N–H and O–H groups in total. The van der Waals surface area contributed by atoms with Crippen LogP contribution in [0.25, 0.3) is 0 Å². The maximum Gasteiger partial charge on any atom is 0.211 e. The zero-order valence-corrected chi connectivity index (χ0v) is 13.3. The molecular formula is C12H21N5O3S. The third-order valence-electron chi connectivity index (χ3n) is 3.17. The second-order valence-electron chi connectivity index (χ2n) is 5.12. The van der Waals surface area contributed by atoms with Crippen molar-refractivity contribution in [3.05, 3.63) is 12.4 Å². The number of morpholine rings is 1. The van der Waals surface area contributed by atoms with Crippen LogP contribution in [0.15, 0.2) is 12.4 Å². The number of nitrogens with one attached hydrogen (secondary N) is 1. The monoisotopic (exact) mass is 315 g/mol. The number of hydrogen-bond donors (Lipinski definition) is 1. The summed E-state index contributed by atoms with van der Waals surface area (Å²) in [6.45, 7) is 1.64. The van der Waals surface area contributed by atoms with E-state index < -0.39 is 10.0 Å². The summed E-state index contributed by atoms with van der Waals surface area (Å²) in [7, 11) is 0.599. The van der Waals surface area contributed by atoms with Gasteiger partial charge in [-0.1, -0.05) is 0 Å². The molecular weight excluding hydrogens is 294 g/mol. The Kier molecular flexibility index (Phi) is 4.96. The van der Waals surface area contributed by atoms with Gasteiger partial charge in [0.2, 0.25) is 10.0 Å². The first-order valence-electron chi connectivity index (χ1n) is 6.67. The summed E-state index contributed by atoms with van der Waals surface area (Å²) in [5.41, 5.74) is 0. The first-order chi connectivity index (χ1) is 9.88. The standard InChI is InChI=1S/C12H21N5O3S/c1-16(2)12-11(13-4-5-14-12)15-8-10-9-17(6-7-20-10)21(3,18)19/h4-5,10H,6-9H2,1-3H3,(H,13,15). The van der Waals surface area contributed by atoms with E-state index in [1.54, 1.807) is 12.4 Å². The van der Waals surface area contributed by atoms with Crippen molar-refractivity contribution in [3.63, 3.8) is 0 Å². The fourth-order valence-corrected chi connectivity index (χ4v) is 2.95. The summed E-state index contributed by atoms with van der Waals surface area (Å²) >= 11 is 0. The van der Waals surface area contributed by atoms with Gasteiger partial charge in [0, 0.05) is 46.1 Å². The predicted molar refractivity (Wildman–Crippen MR) is 81.0 cm³/mol. The van der Waals surface area contributed by atoms with Gasteiger partial charge < -0.3 is 15.0 Å². The number of nitrogens with zero attached hydrogens (tertiary/aromatic N) is 4. The van der Waals surface area contributed by atoms with E-state index in [0.717, 1.165) is 5.82 Å². The fraction of sp³-hybridized carbons (Fsp3) is 0.667. The van der Waals surface area contributed by atoms with Gasteiger partial charge in [0.25, 0.3) is 0 Å². The molecule has 9 heteroatoms. The van der Waals surface area contributed by atoms with Crippen LogP contribution in [0.1, 0.15) is 0 Å². The predicted octanol–water partition coefficient (Wildman–Crippen LogP) is -0.385. The van der Waals surface area contributed by atoms with Crippen molar-refractivity contribution >= 4 is 21.7 Å². The molecule has 0 aliphatic carbocycles. The van der Waals surface area contributed by atoms with Crippen molar-refractivity contribution in [2.75, 3.05) is 56.8 Å². The van der Waals surface area contributed by atoms with Crippen LogP contribution in [0.3, 0.4) is 0 Å². The van der Waals surface area contributed by atoms with Crippen molar-refractivity contribution in [3.8, 4) is 0 Å². The Morgan fingerprint density at radius 1 is 1.43 bits per heavy atom. The number of rotatable bonds is 5. The lowest BCUT2D eigenvalue weighted by atomic mass is 10.3. The Bertz CT molecular complexity index is 578. The average molecular weight is 315 g/mol. The van der Waals surface area contributed by atoms with Crippen LogP contribution in [0, 0.1) is 0 Å². The number of aromatic nitrogens is 2. The van der Waals surface area contributed by atoms with Crippen molar-refractivity contribution < 1.29 is 13.2 Å². The van der Waals surface area contributed by atoms with Gasteiger partial charge in [0.15, 0.2) is 11.6 Å². The van der Waals surface area contributed by atoms with Gasteiger partial charge in [-0.25, -0.2) is 18.4 Å². The molecule has 0 saturated carbocycles. The van der Waals surface area contributed by atoms with Crippen LogP contribution < -0.4 is 10.2 Å². The molecule has 21 heavy (non-hydrogen) atoms. The second-order valence-corrected chi connectivity index (χ2v) is 7.10. The maximum absolute atomic E-state index is 11.6. The van der Waals surface area contributed by atoms with Crippen LogP contribution in [-0.4, -0.2) is 75.4 Å². The molecule has 1 saturated heterocycles. The van der Waals surface area contributed by atoms with Gasteiger partial charge in [-0.15, -0.1) is 0 Å². The fourth-order valence-electron chi connectivity index (χ4n) is 2.11. The summed E-state index contributed by atoms with van der Waals surface area (Å²) in [6.07, 6.45) is 4.25. The molecule has 1 fully saturated rings. The van der Waals surface area contributed by atoms with Crippen molar-refractivity contribution in [1.29, 1.82) is 0 Å². The lowest BCUT2D eigenvalue weighted by Crippen LogP contribution is -2.47. The highest BCUT2D eigenvalue weighted by Gasteiger charge is 2.26. The Morgan fingerprint density at radius 3 is 2.81 bits per heavy atom. The van der Waals surface area contributed by atoms with Crippen LogP contribution in [0.4, 0.5) is 11.6 Å². The molecule has 2 rings (SSSR count). The molecule has 1 aliphatic rings. The molecule has 2 heterocycles. The molecule has 0 bridgehead atoms. The van der Waals surface area contributed by atoms with E-state index >= 15 is 0 Å². The second kappa shape index (κ2) is 6.54. The Morgan fingerprint density at radius 2 is 2.14 bits per heavy atom. The largest absolute Gasteiger partial charge is 0.374 e. The van der Waals surface area contributed by atoms with Crippen LogP contribution in [0.2, 0.25) is 0 Å². The van der Waals surface area contributed by atoms with E-state index in [1.165, 1.54) is 10.6 Å². The molecule has 1 aromatic rings. The Labute approximate surface area is 125 Å². The number of anilines is 2. The van der Waals surface area contributed by atoms with E-state index in [9.17, 15) is 8.42 Å². The maximum atomic E-state index is 11.6. The van der Waals surface area contributed by atoms with E-state index in [-0.39, 0.29) is 6.10 Å². The third kappa shape index (κ3) is 4.26. The zero-order chi connectivity index (χ0) is 15.5. The first kappa shape index (κ1) is 15.9. The smallest absolute Gasteiger partial charge is 0.211 e. The number of sulfonamides is 1. The quantitative estimate of drug-likeness (QED) is 0.792. The highest BCUT2D eigenvalue weighted by molar-refractivity contribution is 7.88. The molecule has 0 radical (unpaired) electrons.